The van der Waals surface area contributed by atoms with Gasteiger partial charge in [0.25, 0.3) is 0 Å². The fourth-order valence-electron chi connectivity index (χ4n) is 4.66. The van der Waals surface area contributed by atoms with Gasteiger partial charge in [-0.15, -0.1) is 0 Å². The van der Waals surface area contributed by atoms with Crippen molar-refractivity contribution >= 4 is 50.7 Å². The maximum Gasteiger partial charge on any atom is 0.244 e. The Morgan fingerprint density at radius 3 is 2.32 bits per heavy atom. The van der Waals surface area contributed by atoms with Crippen molar-refractivity contribution < 1.29 is 22.7 Å². The summed E-state index contributed by atoms with van der Waals surface area (Å²) in [5, 5.41) is 3.53. The van der Waals surface area contributed by atoms with E-state index in [0.717, 1.165) is 48.2 Å². The van der Waals surface area contributed by atoms with Crippen molar-refractivity contribution in [3.63, 3.8) is 0 Å². The first-order valence-electron chi connectivity index (χ1n) is 12.7. The Hall–Kier alpha value is -2.49. The molecule has 1 atom stereocenters. The van der Waals surface area contributed by atoms with Crippen LogP contribution in [-0.2, 0) is 26.2 Å². The van der Waals surface area contributed by atoms with Crippen LogP contribution in [0.3, 0.4) is 0 Å². The first-order chi connectivity index (χ1) is 18.0. The topological polar surface area (TPSA) is 96.0 Å². The number of nitrogens with one attached hydrogen (secondary N) is 1. The molecule has 8 nitrogen and oxygen atoms in total. The largest absolute Gasteiger partial charge is 0.497 e. The third-order valence-electron chi connectivity index (χ3n) is 6.71. The summed E-state index contributed by atoms with van der Waals surface area (Å²) >= 11 is 12.4. The number of anilines is 1. The van der Waals surface area contributed by atoms with Crippen LogP contribution in [0.5, 0.6) is 5.75 Å². The molecule has 0 radical (unpaired) electrons. The van der Waals surface area contributed by atoms with Gasteiger partial charge in [0.1, 0.15) is 18.3 Å². The molecule has 0 bridgehead atoms. The number of halogens is 2. The van der Waals surface area contributed by atoms with Gasteiger partial charge in [0, 0.05) is 17.6 Å². The fourth-order valence-corrected chi connectivity index (χ4v) is 5.95. The summed E-state index contributed by atoms with van der Waals surface area (Å²) in [5.74, 6) is -0.117. The van der Waals surface area contributed by atoms with Gasteiger partial charge in [-0.1, -0.05) is 61.5 Å². The lowest BCUT2D eigenvalue weighted by atomic mass is 9.95. The van der Waals surface area contributed by atoms with Gasteiger partial charge in [-0.05, 0) is 55.2 Å². The predicted molar refractivity (Wildman–Crippen MR) is 151 cm³/mol. The van der Waals surface area contributed by atoms with Gasteiger partial charge in [0.05, 0.1) is 24.1 Å². The van der Waals surface area contributed by atoms with E-state index in [2.05, 4.69) is 5.32 Å². The lowest BCUT2D eigenvalue weighted by Crippen LogP contribution is -2.54. The molecule has 1 fully saturated rings. The minimum absolute atomic E-state index is 0.0704. The number of ether oxygens (including phenoxy) is 1. The highest BCUT2D eigenvalue weighted by Crippen LogP contribution is 2.31. The van der Waals surface area contributed by atoms with Crippen LogP contribution >= 0.6 is 23.2 Å². The summed E-state index contributed by atoms with van der Waals surface area (Å²) in [4.78, 5) is 28.7. The van der Waals surface area contributed by atoms with Crippen LogP contribution in [-0.4, -0.2) is 57.1 Å². The predicted octanol–water partition coefficient (Wildman–Crippen LogP) is 5.02. The number of benzene rings is 2. The molecule has 0 aromatic heterocycles. The lowest BCUT2D eigenvalue weighted by molar-refractivity contribution is -0.140. The normalized spacial score (nSPS) is 15.0. The van der Waals surface area contributed by atoms with Gasteiger partial charge >= 0.3 is 0 Å². The quantitative estimate of drug-likeness (QED) is 0.400. The number of hydrogen-bond acceptors (Lipinski definition) is 5. The van der Waals surface area contributed by atoms with Gasteiger partial charge in [-0.25, -0.2) is 8.42 Å². The second kappa shape index (κ2) is 13.5. The van der Waals surface area contributed by atoms with E-state index in [9.17, 15) is 18.0 Å². The van der Waals surface area contributed by atoms with Gasteiger partial charge in [0.2, 0.25) is 21.8 Å². The first-order valence-corrected chi connectivity index (χ1v) is 15.3. The zero-order valence-electron chi connectivity index (χ0n) is 22.0. The summed E-state index contributed by atoms with van der Waals surface area (Å²) in [6.45, 7) is 1.41. The van der Waals surface area contributed by atoms with Crippen molar-refractivity contribution in [3.8, 4) is 5.75 Å². The molecule has 208 valence electrons. The number of rotatable bonds is 11. The average molecular weight is 585 g/mol. The number of amides is 2. The van der Waals surface area contributed by atoms with Gasteiger partial charge in [-0.2, -0.15) is 0 Å². The molecular formula is C27H35Cl2N3O5S. The van der Waals surface area contributed by atoms with E-state index in [0.29, 0.717) is 12.2 Å². The zero-order valence-corrected chi connectivity index (χ0v) is 24.3. The molecule has 11 heteroatoms. The molecular weight excluding hydrogens is 549 g/mol. The smallest absolute Gasteiger partial charge is 0.244 e. The summed E-state index contributed by atoms with van der Waals surface area (Å²) < 4.78 is 31.7. The molecule has 38 heavy (non-hydrogen) atoms. The van der Waals surface area contributed by atoms with Crippen molar-refractivity contribution in [1.82, 2.24) is 10.2 Å². The maximum absolute atomic E-state index is 13.8. The van der Waals surface area contributed by atoms with Crippen LogP contribution in [0.25, 0.3) is 0 Å². The number of carbonyl (C=O) groups excluding carboxylic acids is 2. The number of hydrogen-bond donors (Lipinski definition) is 1. The molecule has 0 heterocycles. The molecule has 0 unspecified atom stereocenters. The van der Waals surface area contributed by atoms with E-state index in [-0.39, 0.29) is 34.2 Å². The second-order valence-corrected chi connectivity index (χ2v) is 12.3. The molecule has 0 saturated heterocycles. The van der Waals surface area contributed by atoms with E-state index in [4.69, 9.17) is 27.9 Å². The first kappa shape index (κ1) is 30.1. The average Bonchev–Trinajstić information content (AvgIpc) is 2.89. The van der Waals surface area contributed by atoms with E-state index in [1.807, 2.05) is 19.1 Å². The standard InChI is InChI=1S/C27H35Cl2N3O5S/c1-4-24(27(34)30-21-8-6-5-7-9-21)31(17-19-10-13-22(37-2)14-11-19)26(33)18-32(38(3,35)36)25-16-20(28)12-15-23(25)29/h10-16,21,24H,4-9,17-18H2,1-3H3,(H,30,34)/t24-/m0/s1. The highest BCUT2D eigenvalue weighted by molar-refractivity contribution is 7.92. The van der Waals surface area contributed by atoms with Crippen molar-refractivity contribution in [2.45, 2.75) is 64.1 Å². The second-order valence-electron chi connectivity index (χ2n) is 9.50. The van der Waals surface area contributed by atoms with Crippen LogP contribution in [0.4, 0.5) is 5.69 Å². The summed E-state index contributed by atoms with van der Waals surface area (Å²) in [6.07, 6.45) is 6.43. The molecule has 1 saturated carbocycles. The molecule has 0 aliphatic heterocycles. The number of methoxy groups -OCH3 is 1. The van der Waals surface area contributed by atoms with Crippen LogP contribution in [0.2, 0.25) is 10.0 Å². The summed E-state index contributed by atoms with van der Waals surface area (Å²) in [5.41, 5.74) is 0.869. The Bertz CT molecular complexity index is 1220. The Labute approximate surface area is 235 Å². The molecule has 2 aromatic carbocycles. The van der Waals surface area contributed by atoms with E-state index >= 15 is 0 Å². The number of nitrogens with zero attached hydrogens (tertiary/aromatic N) is 2. The van der Waals surface area contributed by atoms with Crippen LogP contribution in [0.1, 0.15) is 51.0 Å². The zero-order chi connectivity index (χ0) is 27.9. The molecule has 2 amide bonds. The Kier molecular flexibility index (Phi) is 10.7. The van der Waals surface area contributed by atoms with Crippen LogP contribution in [0.15, 0.2) is 42.5 Å². The molecule has 1 aliphatic rings. The van der Waals surface area contributed by atoms with Crippen LogP contribution < -0.4 is 14.4 Å². The van der Waals surface area contributed by atoms with Gasteiger partial charge < -0.3 is 15.0 Å². The highest BCUT2D eigenvalue weighted by atomic mass is 35.5. The van der Waals surface area contributed by atoms with Crippen molar-refractivity contribution in [2.24, 2.45) is 0 Å². The third-order valence-corrected chi connectivity index (χ3v) is 8.39. The minimum Gasteiger partial charge on any atom is -0.497 e. The molecule has 3 rings (SSSR count). The van der Waals surface area contributed by atoms with Crippen LogP contribution in [0, 0.1) is 0 Å². The van der Waals surface area contributed by atoms with Gasteiger partial charge in [-0.3, -0.25) is 13.9 Å². The van der Waals surface area contributed by atoms with E-state index in [1.54, 1.807) is 19.2 Å². The highest BCUT2D eigenvalue weighted by Gasteiger charge is 2.33. The molecule has 1 N–H and O–H groups in total. The SMILES string of the molecule is CC[C@@H](C(=O)NC1CCCCC1)N(Cc1ccc(OC)cc1)C(=O)CN(c1cc(Cl)ccc1Cl)S(C)(=O)=O. The van der Waals surface area contributed by atoms with E-state index < -0.39 is 28.5 Å². The van der Waals surface area contributed by atoms with Crippen molar-refractivity contribution in [3.05, 3.63) is 58.1 Å². The van der Waals surface area contributed by atoms with E-state index in [1.165, 1.54) is 23.1 Å². The van der Waals surface area contributed by atoms with Gasteiger partial charge in [0.15, 0.2) is 0 Å². The van der Waals surface area contributed by atoms with Crippen molar-refractivity contribution in [2.75, 3.05) is 24.2 Å². The minimum atomic E-state index is -3.92. The Morgan fingerprint density at radius 2 is 1.74 bits per heavy atom. The third kappa shape index (κ3) is 8.01. The lowest BCUT2D eigenvalue weighted by Gasteiger charge is -2.34. The number of carbonyl (C=O) groups is 2. The maximum atomic E-state index is 13.8. The Balaban J connectivity index is 1.94. The summed E-state index contributed by atoms with van der Waals surface area (Å²) in [7, 11) is -2.35. The summed E-state index contributed by atoms with van der Waals surface area (Å²) in [6, 6.07) is 10.9. The van der Waals surface area contributed by atoms with Crippen molar-refractivity contribution in [1.29, 1.82) is 0 Å². The number of sulfonamides is 1. The Morgan fingerprint density at radius 1 is 1.08 bits per heavy atom. The monoisotopic (exact) mass is 583 g/mol. The molecule has 0 spiro atoms. The molecule has 1 aliphatic carbocycles. The molecule has 2 aromatic rings. The fraction of sp³-hybridized carbons (Fsp3) is 0.481.